The van der Waals surface area contributed by atoms with Crippen LogP contribution < -0.4 is 9.64 Å². The number of hydrogen-bond acceptors (Lipinski definition) is 3. The molecule has 0 bridgehead atoms. The number of nitrogens with zero attached hydrogens (tertiary/aromatic N) is 1. The fraction of sp³-hybridized carbons (Fsp3) is 0.455. The second-order valence-corrected chi connectivity index (χ2v) is 4.12. The lowest BCUT2D eigenvalue weighted by molar-refractivity contribution is 0.0801. The van der Waals surface area contributed by atoms with Crippen molar-refractivity contribution in [3.05, 3.63) is 23.2 Å². The van der Waals surface area contributed by atoms with Crippen molar-refractivity contribution in [3.8, 4) is 5.75 Å². The van der Waals surface area contributed by atoms with Crippen LogP contribution in [0.2, 0.25) is 5.02 Å². The van der Waals surface area contributed by atoms with E-state index >= 15 is 0 Å². The molecule has 0 fully saturated rings. The number of anilines is 1. The lowest BCUT2D eigenvalue weighted by Gasteiger charge is -2.33. The quantitative estimate of drug-likeness (QED) is 0.773. The first kappa shape index (κ1) is 10.6. The molecule has 3 nitrogen and oxygen atoms in total. The normalized spacial score (nSPS) is 19.7. The molecule has 0 spiro atoms. The third kappa shape index (κ3) is 2.19. The van der Waals surface area contributed by atoms with E-state index < -0.39 is 0 Å². The molecule has 1 atom stereocenters. The Morgan fingerprint density at radius 1 is 1.60 bits per heavy atom. The van der Waals surface area contributed by atoms with Crippen LogP contribution in [0, 0.1) is 0 Å². The van der Waals surface area contributed by atoms with Crippen molar-refractivity contribution in [1.29, 1.82) is 0 Å². The molecule has 1 heterocycles. The monoisotopic (exact) mass is 227 g/mol. The summed E-state index contributed by atoms with van der Waals surface area (Å²) in [5.41, 5.74) is 1.08. The van der Waals surface area contributed by atoms with Gasteiger partial charge in [0.2, 0.25) is 0 Å². The number of methoxy groups -OCH3 is 1. The van der Waals surface area contributed by atoms with E-state index in [1.54, 1.807) is 7.11 Å². The van der Waals surface area contributed by atoms with Gasteiger partial charge in [-0.2, -0.15) is 0 Å². The summed E-state index contributed by atoms with van der Waals surface area (Å²) in [7, 11) is 3.72. The first-order chi connectivity index (χ1) is 7.20. The summed E-state index contributed by atoms with van der Waals surface area (Å²) in [5, 5.41) is 0.695. The molecule has 0 aliphatic carbocycles. The highest BCUT2D eigenvalue weighted by molar-refractivity contribution is 6.30. The highest BCUT2D eigenvalue weighted by atomic mass is 35.5. The second-order valence-electron chi connectivity index (χ2n) is 3.69. The van der Waals surface area contributed by atoms with Gasteiger partial charge in [0.05, 0.1) is 18.8 Å². The van der Waals surface area contributed by atoms with Gasteiger partial charge in [-0.25, -0.2) is 0 Å². The highest BCUT2D eigenvalue weighted by Gasteiger charge is 2.23. The van der Waals surface area contributed by atoms with Crippen molar-refractivity contribution < 1.29 is 9.47 Å². The maximum absolute atomic E-state index is 5.92. The van der Waals surface area contributed by atoms with E-state index in [2.05, 4.69) is 4.90 Å². The van der Waals surface area contributed by atoms with E-state index in [0.717, 1.165) is 18.0 Å². The molecular formula is C11H14ClNO2. The van der Waals surface area contributed by atoms with Gasteiger partial charge < -0.3 is 14.4 Å². The topological polar surface area (TPSA) is 21.7 Å². The zero-order valence-corrected chi connectivity index (χ0v) is 9.62. The van der Waals surface area contributed by atoms with Crippen LogP contribution in [-0.2, 0) is 4.74 Å². The molecule has 1 aliphatic heterocycles. The van der Waals surface area contributed by atoms with Crippen molar-refractivity contribution >= 4 is 17.3 Å². The van der Waals surface area contributed by atoms with Crippen molar-refractivity contribution in [2.75, 3.05) is 32.2 Å². The molecular weight excluding hydrogens is 214 g/mol. The fourth-order valence-electron chi connectivity index (χ4n) is 1.79. The summed E-state index contributed by atoms with van der Waals surface area (Å²) in [6, 6.07) is 5.69. The molecule has 15 heavy (non-hydrogen) atoms. The second kappa shape index (κ2) is 4.29. The minimum Gasteiger partial charge on any atom is -0.484 e. The third-order valence-corrected chi connectivity index (χ3v) is 2.69. The minimum atomic E-state index is 0.0750. The number of fused-ring (bicyclic) bond motifs is 1. The van der Waals surface area contributed by atoms with Crippen LogP contribution in [0.25, 0.3) is 0 Å². The molecule has 0 saturated carbocycles. The molecule has 2 rings (SSSR count). The molecule has 82 valence electrons. The first-order valence-electron chi connectivity index (χ1n) is 4.87. The van der Waals surface area contributed by atoms with Crippen LogP contribution in [0.3, 0.4) is 0 Å². The summed E-state index contributed by atoms with van der Waals surface area (Å²) in [4.78, 5) is 2.15. The Hall–Kier alpha value is -0.930. The van der Waals surface area contributed by atoms with E-state index in [1.807, 2.05) is 25.2 Å². The summed E-state index contributed by atoms with van der Waals surface area (Å²) in [5.74, 6) is 0.832. The van der Waals surface area contributed by atoms with Crippen LogP contribution >= 0.6 is 11.6 Å². The van der Waals surface area contributed by atoms with Gasteiger partial charge in [-0.05, 0) is 12.1 Å². The van der Waals surface area contributed by atoms with Crippen molar-refractivity contribution in [2.45, 2.75) is 6.10 Å². The van der Waals surface area contributed by atoms with Gasteiger partial charge in [-0.1, -0.05) is 11.6 Å². The van der Waals surface area contributed by atoms with Crippen LogP contribution in [0.1, 0.15) is 0 Å². The average Bonchev–Trinajstić information content (AvgIpc) is 2.17. The third-order valence-electron chi connectivity index (χ3n) is 2.46. The molecule has 1 aromatic carbocycles. The van der Waals surface area contributed by atoms with Crippen LogP contribution in [0.5, 0.6) is 5.75 Å². The predicted molar refractivity (Wildman–Crippen MR) is 61.0 cm³/mol. The molecule has 0 aromatic heterocycles. The van der Waals surface area contributed by atoms with Crippen molar-refractivity contribution in [1.82, 2.24) is 0 Å². The number of halogens is 1. The molecule has 1 aromatic rings. The van der Waals surface area contributed by atoms with E-state index in [0.29, 0.717) is 11.6 Å². The Balaban J connectivity index is 2.25. The van der Waals surface area contributed by atoms with Crippen LogP contribution in [-0.4, -0.2) is 33.4 Å². The van der Waals surface area contributed by atoms with Gasteiger partial charge >= 0.3 is 0 Å². The number of benzene rings is 1. The van der Waals surface area contributed by atoms with E-state index in [9.17, 15) is 0 Å². The number of hydrogen-bond donors (Lipinski definition) is 0. The van der Waals surface area contributed by atoms with Gasteiger partial charge in [-0.15, -0.1) is 0 Å². The van der Waals surface area contributed by atoms with Gasteiger partial charge in [0.15, 0.2) is 0 Å². The SMILES string of the molecule is COC[C@@H]1CN(C)c2ccc(Cl)cc2O1. The van der Waals surface area contributed by atoms with E-state index in [-0.39, 0.29) is 6.10 Å². The molecule has 0 N–H and O–H groups in total. The van der Waals surface area contributed by atoms with Gasteiger partial charge in [0, 0.05) is 25.2 Å². The molecule has 0 unspecified atom stereocenters. The molecule has 0 saturated heterocycles. The van der Waals surface area contributed by atoms with Gasteiger partial charge in [0.1, 0.15) is 11.9 Å². The van der Waals surface area contributed by atoms with Crippen LogP contribution in [0.15, 0.2) is 18.2 Å². The van der Waals surface area contributed by atoms with E-state index in [4.69, 9.17) is 21.1 Å². The maximum Gasteiger partial charge on any atom is 0.144 e. The zero-order valence-electron chi connectivity index (χ0n) is 8.87. The Bertz CT molecular complexity index is 356. The molecule has 4 heteroatoms. The van der Waals surface area contributed by atoms with E-state index in [1.165, 1.54) is 0 Å². The Morgan fingerprint density at radius 2 is 2.40 bits per heavy atom. The Labute approximate surface area is 94.5 Å². The summed E-state index contributed by atoms with van der Waals surface area (Å²) < 4.78 is 10.9. The van der Waals surface area contributed by atoms with Crippen molar-refractivity contribution in [3.63, 3.8) is 0 Å². The highest BCUT2D eigenvalue weighted by Crippen LogP contribution is 2.34. The summed E-state index contributed by atoms with van der Waals surface area (Å²) in [6.45, 7) is 1.43. The molecule has 1 aliphatic rings. The Kier molecular flexibility index (Phi) is 3.03. The molecule has 0 radical (unpaired) electrons. The summed E-state index contributed by atoms with van der Waals surface area (Å²) in [6.07, 6.45) is 0.0750. The summed E-state index contributed by atoms with van der Waals surface area (Å²) >= 11 is 5.92. The number of ether oxygens (including phenoxy) is 2. The largest absolute Gasteiger partial charge is 0.484 e. The first-order valence-corrected chi connectivity index (χ1v) is 5.25. The number of likely N-dealkylation sites (N-methyl/N-ethyl adjacent to an activating group) is 1. The lowest BCUT2D eigenvalue weighted by Crippen LogP contribution is -2.40. The predicted octanol–water partition coefficient (Wildman–Crippen LogP) is 2.18. The minimum absolute atomic E-state index is 0.0750. The fourth-order valence-corrected chi connectivity index (χ4v) is 1.95. The number of rotatable bonds is 2. The standard InChI is InChI=1S/C11H14ClNO2/c1-13-6-9(7-14-2)15-11-5-8(12)3-4-10(11)13/h3-5,9H,6-7H2,1-2H3/t9-/m0/s1. The average molecular weight is 228 g/mol. The lowest BCUT2D eigenvalue weighted by atomic mass is 10.2. The van der Waals surface area contributed by atoms with Crippen molar-refractivity contribution in [2.24, 2.45) is 0 Å². The smallest absolute Gasteiger partial charge is 0.144 e. The molecule has 0 amide bonds. The van der Waals surface area contributed by atoms with Gasteiger partial charge in [-0.3, -0.25) is 0 Å². The maximum atomic E-state index is 5.92. The zero-order chi connectivity index (χ0) is 10.8. The van der Waals surface area contributed by atoms with Gasteiger partial charge in [0.25, 0.3) is 0 Å². The Morgan fingerprint density at radius 3 is 3.13 bits per heavy atom. The van der Waals surface area contributed by atoms with Crippen LogP contribution in [0.4, 0.5) is 5.69 Å².